The first kappa shape index (κ1) is 98.2. The van der Waals surface area contributed by atoms with Crippen molar-refractivity contribution in [1.29, 1.82) is 10.5 Å². The molecule has 0 aromatic heterocycles. The summed E-state index contributed by atoms with van der Waals surface area (Å²) in [7, 11) is 10.6. The summed E-state index contributed by atoms with van der Waals surface area (Å²) in [5, 5.41) is 47.7. The van der Waals surface area contributed by atoms with Gasteiger partial charge in [-0.3, -0.25) is 19.6 Å². The zero-order valence-electron chi connectivity index (χ0n) is 80.5. The maximum Gasteiger partial charge on any atom is 0.408 e. The number of rotatable bonds is 29. The fourth-order valence-electron chi connectivity index (χ4n) is 22.1. The normalized spacial score (nSPS) is 21.3. The molecule has 29 nitrogen and oxygen atoms in total. The number of aliphatic hydroxyl groups excluding tert-OH is 1. The zero-order valence-corrected chi connectivity index (χ0v) is 82.1. The molecule has 2 unspecified atom stereocenters. The van der Waals surface area contributed by atoms with Crippen LogP contribution in [0.25, 0.3) is 22.3 Å². The molecule has 0 radical (unpaired) electrons. The van der Waals surface area contributed by atoms with Gasteiger partial charge in [-0.2, -0.15) is 34.0 Å². The second-order valence-corrected chi connectivity index (χ2v) is 40.0. The number of nitrogens with one attached hydrogen (secondary N) is 2. The Bertz CT molecular complexity index is 5930. The minimum absolute atomic E-state index is 0.00294. The molecule has 31 heteroatoms. The number of carboxylic acid groups (broad SMARTS) is 1. The molecule has 18 rings (SSSR count). The number of fused-ring (bicyclic) bond motifs is 24. The van der Waals surface area contributed by atoms with Crippen LogP contribution >= 0.6 is 23.5 Å². The molecule has 2 saturated heterocycles. The highest BCUT2D eigenvalue weighted by Crippen LogP contribution is 2.62. The molecule has 4 bridgehead atoms. The maximum atomic E-state index is 14.8. The first-order chi connectivity index (χ1) is 66.0. The predicted molar refractivity (Wildman–Crippen MR) is 519 cm³/mol. The molecule has 724 valence electrons. The monoisotopic (exact) mass is 1910 g/mol. The highest BCUT2D eigenvalue weighted by Gasteiger charge is 2.60. The summed E-state index contributed by atoms with van der Waals surface area (Å²) >= 11 is 3.09. The van der Waals surface area contributed by atoms with Gasteiger partial charge in [-0.1, -0.05) is 135 Å². The molecule has 2 amide bonds. The summed E-state index contributed by atoms with van der Waals surface area (Å²) in [4.78, 5) is 60.7. The number of nitriles is 2. The lowest BCUT2D eigenvalue weighted by atomic mass is 9.71. The number of alkyl carbamates (subject to hydrolysis) is 2. The van der Waals surface area contributed by atoms with E-state index in [1.54, 1.807) is 93.9 Å². The number of nitrogens with zero attached hydrogens (tertiary/aromatic N) is 6. The van der Waals surface area contributed by atoms with Gasteiger partial charge >= 0.3 is 24.1 Å². The van der Waals surface area contributed by atoms with Crippen LogP contribution in [0, 0.1) is 50.4 Å². The SMILES string of the molecule is C=CCOc1c(C)c2c(c3c1CC1[C@H]4c5c(cc(C)c(OC)c5OCOC)C[C@@H]([C@H](C#N)N1[C@H]3CO)N4C)OCO2.C=CCOc1c(C)c2c(c3c1CC1[C@H]4c5c(cc(C)c(OC)c5OCOC)C[C@@H]([C@H](C#N)N1[C@H]3COC(=O)[C@@H](CSCC1c3ccccc3-c3ccccc31)NC(=O)OC(C)(C)C)N4C)OCO2.CC(C)(C)OC(=O)N[C@H](CSCC1c2ccccc2-c2ccccc21)C(=O)O. The number of carboxylic acids is 1. The van der Waals surface area contributed by atoms with Crippen LogP contribution in [0.3, 0.4) is 0 Å². The van der Waals surface area contributed by atoms with Crippen LogP contribution in [-0.4, -0.2) is 233 Å². The first-order valence-corrected chi connectivity index (χ1v) is 48.6. The number of likely N-dealkylation sites (N-methyl/N-ethyl adjacent to an activating group) is 2. The van der Waals surface area contributed by atoms with Crippen molar-refractivity contribution in [3.8, 4) is 91.9 Å². The minimum atomic E-state index is -1.07. The van der Waals surface area contributed by atoms with Crippen molar-refractivity contribution < 1.29 is 100 Å². The summed E-state index contributed by atoms with van der Waals surface area (Å²) in [6.45, 7) is 26.6. The van der Waals surface area contributed by atoms with Crippen LogP contribution in [-0.2, 0) is 59.0 Å². The molecule has 0 saturated carbocycles. The van der Waals surface area contributed by atoms with Gasteiger partial charge in [-0.15, -0.1) is 0 Å². The van der Waals surface area contributed by atoms with Crippen LogP contribution in [0.2, 0.25) is 0 Å². The van der Waals surface area contributed by atoms with Gasteiger partial charge in [-0.05, 0) is 176 Å². The fraction of sp³-hybridized carbons (Fsp3) is 0.453. The average Bonchev–Trinajstić information content (AvgIpc) is 1.52. The van der Waals surface area contributed by atoms with Crippen LogP contribution in [0.1, 0.15) is 167 Å². The third-order valence-electron chi connectivity index (χ3n) is 27.4. The van der Waals surface area contributed by atoms with Crippen molar-refractivity contribution in [3.63, 3.8) is 0 Å². The number of benzene rings is 8. The number of amides is 2. The van der Waals surface area contributed by atoms with Gasteiger partial charge in [0.1, 0.15) is 66.7 Å². The van der Waals surface area contributed by atoms with Gasteiger partial charge in [0.25, 0.3) is 0 Å². The number of aryl methyl sites for hydroxylation is 2. The molecule has 137 heavy (non-hydrogen) atoms. The number of hydrogen-bond acceptors (Lipinski definition) is 28. The van der Waals surface area contributed by atoms with E-state index in [2.05, 4.69) is 155 Å². The topological polar surface area (TPSA) is 332 Å². The Labute approximate surface area is 809 Å². The average molecular weight is 1910 g/mol. The Morgan fingerprint density at radius 3 is 1.27 bits per heavy atom. The largest absolute Gasteiger partial charge is 0.493 e. The van der Waals surface area contributed by atoms with Crippen molar-refractivity contribution in [1.82, 2.24) is 30.2 Å². The van der Waals surface area contributed by atoms with Crippen molar-refractivity contribution in [2.24, 2.45) is 0 Å². The number of carbonyl (C=O) groups excluding carboxylic acids is 3. The second kappa shape index (κ2) is 41.4. The molecule has 4 N–H and O–H groups in total. The van der Waals surface area contributed by atoms with Gasteiger partial charge in [0.05, 0.1) is 57.1 Å². The lowest BCUT2D eigenvalue weighted by Crippen LogP contribution is -2.68. The number of aliphatic carboxylic acids is 1. The molecule has 8 aromatic rings. The van der Waals surface area contributed by atoms with E-state index >= 15 is 0 Å². The molecule has 8 aliphatic heterocycles. The number of carbonyl (C=O) groups is 4. The van der Waals surface area contributed by atoms with Crippen LogP contribution in [0.4, 0.5) is 9.59 Å². The molecular weight excluding hydrogens is 1790 g/mol. The van der Waals surface area contributed by atoms with E-state index in [0.29, 0.717) is 95.5 Å². The van der Waals surface area contributed by atoms with Crippen LogP contribution in [0.5, 0.6) is 57.5 Å². The lowest BCUT2D eigenvalue weighted by Gasteiger charge is -2.60. The number of aliphatic hydroxyl groups is 1. The Kier molecular flexibility index (Phi) is 29.7. The molecule has 12 atom stereocenters. The van der Waals surface area contributed by atoms with Crippen molar-refractivity contribution in [2.45, 2.75) is 190 Å². The molecule has 8 heterocycles. The van der Waals surface area contributed by atoms with Gasteiger partial charge in [0.2, 0.25) is 13.6 Å². The van der Waals surface area contributed by atoms with E-state index in [1.165, 1.54) is 56.3 Å². The number of ether oxygens (including phenoxy) is 15. The zero-order chi connectivity index (χ0) is 97.3. The summed E-state index contributed by atoms with van der Waals surface area (Å²) in [6, 6.07) is 37.3. The second-order valence-electron chi connectivity index (χ2n) is 37.8. The number of methoxy groups -OCH3 is 4. The van der Waals surface area contributed by atoms with Crippen molar-refractivity contribution >= 4 is 47.6 Å². The minimum Gasteiger partial charge on any atom is -0.493 e. The number of piperazine rings is 2. The Hall–Kier alpha value is -11.9. The number of thioether (sulfide) groups is 2. The van der Waals surface area contributed by atoms with Crippen LogP contribution in [0.15, 0.2) is 135 Å². The van der Waals surface area contributed by atoms with E-state index in [9.17, 15) is 39.9 Å². The van der Waals surface area contributed by atoms with E-state index in [-0.39, 0.29) is 107 Å². The number of hydrogen-bond donors (Lipinski definition) is 4. The number of esters is 1. The molecular formula is C106H122N8O21S2. The lowest BCUT2D eigenvalue weighted by molar-refractivity contribution is -0.151. The smallest absolute Gasteiger partial charge is 0.408 e. The van der Waals surface area contributed by atoms with E-state index in [4.69, 9.17) is 71.1 Å². The fourth-order valence-corrected chi connectivity index (χ4v) is 24.5. The van der Waals surface area contributed by atoms with Crippen molar-refractivity contribution in [3.05, 3.63) is 224 Å². The highest BCUT2D eigenvalue weighted by atomic mass is 32.2. The Morgan fingerprint density at radius 2 is 0.898 bits per heavy atom. The third kappa shape index (κ3) is 18.9. The van der Waals surface area contributed by atoms with Gasteiger partial charge < -0.3 is 91.9 Å². The summed E-state index contributed by atoms with van der Waals surface area (Å²) in [5.41, 5.74) is 19.5. The Morgan fingerprint density at radius 1 is 0.518 bits per heavy atom. The molecule has 2 aliphatic carbocycles. The van der Waals surface area contributed by atoms with Gasteiger partial charge in [0.15, 0.2) is 59.6 Å². The summed E-state index contributed by atoms with van der Waals surface area (Å²) < 4.78 is 89.7. The van der Waals surface area contributed by atoms with E-state index in [1.807, 2.05) is 52.0 Å². The molecule has 10 aliphatic rings. The van der Waals surface area contributed by atoms with Crippen LogP contribution < -0.4 is 58.0 Å². The summed E-state index contributed by atoms with van der Waals surface area (Å²) in [6.07, 6.45) is 4.18. The molecule has 2 fully saturated rings. The quantitative estimate of drug-likeness (QED) is 0.0146. The highest BCUT2D eigenvalue weighted by molar-refractivity contribution is 7.99. The third-order valence-corrected chi connectivity index (χ3v) is 29.7. The van der Waals surface area contributed by atoms with Crippen molar-refractivity contribution in [2.75, 3.05) is 119 Å². The summed E-state index contributed by atoms with van der Waals surface area (Å²) in [5.74, 6) is 6.72. The predicted octanol–water partition coefficient (Wildman–Crippen LogP) is 16.2. The van der Waals surface area contributed by atoms with E-state index < -0.39 is 71.6 Å². The van der Waals surface area contributed by atoms with Gasteiger partial charge in [-0.25, -0.2) is 19.2 Å². The maximum absolute atomic E-state index is 14.8. The molecule has 0 spiro atoms. The van der Waals surface area contributed by atoms with E-state index in [0.717, 1.165) is 72.5 Å². The Balaban J connectivity index is 0.000000166. The molecule has 8 aromatic carbocycles. The van der Waals surface area contributed by atoms with Gasteiger partial charge in [0, 0.05) is 118 Å². The first-order valence-electron chi connectivity index (χ1n) is 46.3. The standard InChI is InChI=1S/C53H60N4O10S.C31H37N3O7.C22H25NO4S/c1-10-19-62-47-30(3)48-50(66-28-65-48)44-36(47)22-40-45-43-31(20-29(2)46(61-9)49(43)64-27-60-8)21-39(56(45)7)41(23-54)57(40)42(44)24-63-51(58)38(55-52(59)67-53(4,5)6)26-68-25-37-34-17-13-11-15-32(34)33-16-12-14-18-35(33)37;1-7-8-38-28-17(3)29-31(41-15-40-29)25-19(28)11-21-26-24-18(9-16(2)27(37-6)30(24)39-14-36-5)10-20(33(26)4)22(12-32)34(21)23(25)13-35;1-22(2,3)27-21(26)23-19(20(24)25)13-28-12-18-16-10-6-4-8-14(16)15-9-5-7-11-17(15)18/h10-18,20,37-42,45H,1,19,21-22,24-28H2,2-9H3,(H,55,59);7,9,20-23,26,35H,1,8,10-11,13-15H2,2-6H3;4-11,18-19H,12-13H2,1-3H3,(H,23,26)(H,24,25)/t38-,39+,40?,41+,42+,45+;20-,21?,22-,23-,26-;19-/m101/s1.